The van der Waals surface area contributed by atoms with Crippen LogP contribution < -0.4 is 10.7 Å². The Bertz CT molecular complexity index is 950. The highest BCUT2D eigenvalue weighted by Gasteiger charge is 2.38. The predicted octanol–water partition coefficient (Wildman–Crippen LogP) is 4.31. The molecule has 2 aromatic rings. The monoisotopic (exact) mass is 468 g/mol. The largest absolute Gasteiger partial charge is 0.508 e. The summed E-state index contributed by atoms with van der Waals surface area (Å²) in [6.45, 7) is 8.39. The van der Waals surface area contributed by atoms with Crippen molar-refractivity contribution in [2.24, 2.45) is 5.41 Å². The van der Waals surface area contributed by atoms with E-state index in [0.29, 0.717) is 24.0 Å². The molecule has 1 unspecified atom stereocenters. The van der Waals surface area contributed by atoms with Gasteiger partial charge in [0.25, 0.3) is 5.91 Å². The van der Waals surface area contributed by atoms with Crippen LogP contribution in [-0.4, -0.2) is 47.4 Å². The van der Waals surface area contributed by atoms with Crippen LogP contribution in [0.5, 0.6) is 5.75 Å². The number of hydrogen-bond donors (Lipinski definition) is 3. The summed E-state index contributed by atoms with van der Waals surface area (Å²) in [7, 11) is 0. The van der Waals surface area contributed by atoms with E-state index in [9.17, 15) is 14.7 Å². The predicted molar refractivity (Wildman–Crippen MR) is 132 cm³/mol. The highest BCUT2D eigenvalue weighted by molar-refractivity contribution is 5.80. The van der Waals surface area contributed by atoms with Gasteiger partial charge in [-0.15, -0.1) is 0 Å². The number of ether oxygens (including phenoxy) is 1. The maximum Gasteiger partial charge on any atom is 0.407 e. The molecule has 1 aliphatic rings. The average molecular weight is 469 g/mol. The average Bonchev–Trinajstić information content (AvgIpc) is 3.26. The molecule has 2 aromatic carbocycles. The van der Waals surface area contributed by atoms with E-state index in [2.05, 4.69) is 10.7 Å². The maximum atomic E-state index is 12.8. The van der Waals surface area contributed by atoms with E-state index in [0.717, 1.165) is 37.1 Å². The summed E-state index contributed by atoms with van der Waals surface area (Å²) in [6.07, 6.45) is 2.73. The van der Waals surface area contributed by atoms with Gasteiger partial charge < -0.3 is 15.2 Å². The highest BCUT2D eigenvalue weighted by Crippen LogP contribution is 2.23. The van der Waals surface area contributed by atoms with Gasteiger partial charge in [0, 0.05) is 30.7 Å². The zero-order valence-electron chi connectivity index (χ0n) is 20.5. The van der Waals surface area contributed by atoms with Crippen LogP contribution in [-0.2, 0) is 22.6 Å². The third-order valence-electron chi connectivity index (χ3n) is 6.34. The first-order valence-corrected chi connectivity index (χ1v) is 12.1. The molecule has 3 N–H and O–H groups in total. The van der Waals surface area contributed by atoms with Gasteiger partial charge in [0.2, 0.25) is 0 Å². The number of nitrogens with one attached hydrogen (secondary N) is 2. The summed E-state index contributed by atoms with van der Waals surface area (Å²) >= 11 is 0. The van der Waals surface area contributed by atoms with Crippen molar-refractivity contribution in [3.8, 4) is 5.75 Å². The van der Waals surface area contributed by atoms with Gasteiger partial charge in [-0.25, -0.2) is 14.8 Å². The summed E-state index contributed by atoms with van der Waals surface area (Å²) < 4.78 is 5.97. The third kappa shape index (κ3) is 7.48. The van der Waals surface area contributed by atoms with Crippen molar-refractivity contribution >= 4 is 12.0 Å². The van der Waals surface area contributed by atoms with Gasteiger partial charge in [-0.1, -0.05) is 69.3 Å². The van der Waals surface area contributed by atoms with Crippen molar-refractivity contribution in [1.82, 2.24) is 10.7 Å². The molecule has 0 aromatic heterocycles. The molecule has 1 saturated heterocycles. The van der Waals surface area contributed by atoms with Crippen LogP contribution in [0.15, 0.2) is 54.6 Å². The number of carbonyl (C=O) groups is 2. The number of rotatable bonds is 9. The Morgan fingerprint density at radius 3 is 2.32 bits per heavy atom. The van der Waals surface area contributed by atoms with Crippen molar-refractivity contribution in [3.63, 3.8) is 0 Å². The van der Waals surface area contributed by atoms with Crippen molar-refractivity contribution < 1.29 is 24.0 Å². The molecule has 1 heterocycles. The number of phenols is 1. The fourth-order valence-corrected chi connectivity index (χ4v) is 4.22. The van der Waals surface area contributed by atoms with E-state index in [-0.39, 0.29) is 24.3 Å². The fraction of sp³-hybridized carbons (Fsp3) is 0.481. The summed E-state index contributed by atoms with van der Waals surface area (Å²) in [5.41, 5.74) is 4.48. The lowest BCUT2D eigenvalue weighted by atomic mass is 9.96. The molecule has 2 amide bonds. The number of carbonyl (C=O) groups excluding carboxylic acids is 2. The summed E-state index contributed by atoms with van der Waals surface area (Å²) in [6, 6.07) is 16.5. The number of hydrogen-bond acceptors (Lipinski definition) is 4. The number of phenolic OH excluding ortho intramolecular Hbond substituents is 1. The normalized spacial score (nSPS) is 16.0. The standard InChI is InChI=1S/C27H37N3O4/c1-27(2,3)25(32)29-30(16-9-10-17-30)18-15-23(19-22-13-7-8-14-24(22)31)28-26(33)34-20-21-11-5-4-6-12-21/h4-8,11-14,23H,9-10,15-20H2,1-3H3,(H2-,28,29,31,32,33)/p+1. The van der Waals surface area contributed by atoms with Crippen molar-refractivity contribution in [2.75, 3.05) is 19.6 Å². The Kier molecular flexibility index (Phi) is 8.56. The van der Waals surface area contributed by atoms with Crippen LogP contribution in [0, 0.1) is 5.41 Å². The number of alkyl carbamates (subject to hydrolysis) is 1. The first-order chi connectivity index (χ1) is 16.2. The molecule has 7 nitrogen and oxygen atoms in total. The number of para-hydroxylation sites is 1. The van der Waals surface area contributed by atoms with Gasteiger partial charge in [0.1, 0.15) is 32.0 Å². The summed E-state index contributed by atoms with van der Waals surface area (Å²) in [5, 5.41) is 13.3. The second-order valence-corrected chi connectivity index (χ2v) is 10.2. The van der Waals surface area contributed by atoms with E-state index in [4.69, 9.17) is 4.74 Å². The molecule has 1 fully saturated rings. The summed E-state index contributed by atoms with van der Waals surface area (Å²) in [5.74, 6) is 0.236. The molecule has 0 saturated carbocycles. The zero-order valence-corrected chi connectivity index (χ0v) is 20.5. The first kappa shape index (κ1) is 25.6. The van der Waals surface area contributed by atoms with E-state index in [1.165, 1.54) is 0 Å². The van der Waals surface area contributed by atoms with Gasteiger partial charge in [0.05, 0.1) is 0 Å². The summed E-state index contributed by atoms with van der Waals surface area (Å²) in [4.78, 5) is 25.4. The van der Waals surface area contributed by atoms with Gasteiger partial charge in [-0.2, -0.15) is 0 Å². The second-order valence-electron chi connectivity index (χ2n) is 10.2. The van der Waals surface area contributed by atoms with Crippen LogP contribution in [0.2, 0.25) is 0 Å². The lowest BCUT2D eigenvalue weighted by molar-refractivity contribution is -0.951. The van der Waals surface area contributed by atoms with Crippen LogP contribution in [0.25, 0.3) is 0 Å². The van der Waals surface area contributed by atoms with Crippen LogP contribution >= 0.6 is 0 Å². The highest BCUT2D eigenvalue weighted by atomic mass is 16.5. The Morgan fingerprint density at radius 1 is 1.03 bits per heavy atom. The Labute approximate surface area is 202 Å². The molecule has 184 valence electrons. The minimum atomic E-state index is -0.490. The minimum absolute atomic E-state index is 0.0295. The molecule has 0 bridgehead atoms. The first-order valence-electron chi connectivity index (χ1n) is 12.1. The zero-order chi connectivity index (χ0) is 24.6. The smallest absolute Gasteiger partial charge is 0.407 e. The number of nitrogens with zero attached hydrogens (tertiary/aromatic N) is 1. The number of amides is 2. The lowest BCUT2D eigenvalue weighted by Crippen LogP contribution is -2.61. The number of benzene rings is 2. The minimum Gasteiger partial charge on any atom is -0.508 e. The SMILES string of the molecule is CC(C)(C)C(=O)N[N+]1(CCC(Cc2ccccc2O)NC(=O)OCc2ccccc2)CCCC1. The number of quaternary nitrogens is 1. The quantitative estimate of drug-likeness (QED) is 0.479. The molecule has 1 aliphatic heterocycles. The van der Waals surface area contributed by atoms with E-state index < -0.39 is 11.5 Å². The molecule has 0 radical (unpaired) electrons. The van der Waals surface area contributed by atoms with E-state index in [1.54, 1.807) is 12.1 Å². The van der Waals surface area contributed by atoms with Crippen LogP contribution in [0.3, 0.4) is 0 Å². The molecule has 34 heavy (non-hydrogen) atoms. The van der Waals surface area contributed by atoms with Crippen LogP contribution in [0.1, 0.15) is 51.2 Å². The van der Waals surface area contributed by atoms with Gasteiger partial charge in [0.15, 0.2) is 0 Å². The van der Waals surface area contributed by atoms with Crippen molar-refractivity contribution in [2.45, 2.75) is 59.1 Å². The van der Waals surface area contributed by atoms with Gasteiger partial charge >= 0.3 is 6.09 Å². The van der Waals surface area contributed by atoms with Crippen molar-refractivity contribution in [1.29, 1.82) is 0 Å². The fourth-order valence-electron chi connectivity index (χ4n) is 4.22. The van der Waals surface area contributed by atoms with Gasteiger partial charge in [-0.05, 0) is 23.6 Å². The van der Waals surface area contributed by atoms with E-state index >= 15 is 0 Å². The molecule has 0 spiro atoms. The number of aromatic hydroxyl groups is 1. The molecular weight excluding hydrogens is 430 g/mol. The Balaban J connectivity index is 1.67. The van der Waals surface area contributed by atoms with Gasteiger partial charge in [-0.3, -0.25) is 4.79 Å². The topological polar surface area (TPSA) is 87.7 Å². The molecule has 1 atom stereocenters. The van der Waals surface area contributed by atoms with E-state index in [1.807, 2.05) is 63.2 Å². The molecule has 0 aliphatic carbocycles. The number of likely N-dealkylation sites (tertiary alicyclic amines) is 1. The van der Waals surface area contributed by atoms with Crippen molar-refractivity contribution in [3.05, 3.63) is 65.7 Å². The Hall–Kier alpha value is -3.06. The maximum absolute atomic E-state index is 12.8. The molecule has 7 heteroatoms. The molecular formula is C27H38N3O4+. The lowest BCUT2D eigenvalue weighted by Gasteiger charge is -2.36. The van der Waals surface area contributed by atoms with Crippen LogP contribution in [0.4, 0.5) is 4.79 Å². The third-order valence-corrected chi connectivity index (χ3v) is 6.34. The Morgan fingerprint density at radius 2 is 1.68 bits per heavy atom. The molecule has 3 rings (SSSR count). The second kappa shape index (κ2) is 11.4.